The fourth-order valence-electron chi connectivity index (χ4n) is 1.26. The summed E-state index contributed by atoms with van der Waals surface area (Å²) in [4.78, 5) is 4.32. The molecule has 0 unspecified atom stereocenters. The van der Waals surface area contributed by atoms with Crippen LogP contribution in [0.5, 0.6) is 0 Å². The van der Waals surface area contributed by atoms with E-state index < -0.39 is 0 Å². The van der Waals surface area contributed by atoms with Crippen molar-refractivity contribution in [1.29, 1.82) is 0 Å². The Labute approximate surface area is 82.9 Å². The molecule has 2 aromatic rings. The summed E-state index contributed by atoms with van der Waals surface area (Å²) in [5.74, 6) is 0. The summed E-state index contributed by atoms with van der Waals surface area (Å²) in [7, 11) is 0. The molecule has 0 fully saturated rings. The number of benzene rings is 1. The summed E-state index contributed by atoms with van der Waals surface area (Å²) in [6.07, 6.45) is 1.85. The van der Waals surface area contributed by atoms with Gasteiger partial charge >= 0.3 is 83.2 Å². The van der Waals surface area contributed by atoms with E-state index in [0.717, 1.165) is 27.9 Å². The van der Waals surface area contributed by atoms with Gasteiger partial charge < -0.3 is 0 Å². The molecular formula is C9H6NNa. The Kier molecular flexibility index (Phi) is 1.95. The number of pyridine rings is 1. The Hall–Kier alpha value is -0.370. The van der Waals surface area contributed by atoms with Gasteiger partial charge in [0.2, 0.25) is 0 Å². The van der Waals surface area contributed by atoms with Gasteiger partial charge in [-0.05, 0) is 0 Å². The average molecular weight is 151 g/mol. The van der Waals surface area contributed by atoms with Crippen molar-refractivity contribution < 1.29 is 0 Å². The second-order valence-corrected chi connectivity index (χ2v) is 3.73. The Balaban J connectivity index is 2.91. The topological polar surface area (TPSA) is 12.9 Å². The van der Waals surface area contributed by atoms with E-state index >= 15 is 0 Å². The van der Waals surface area contributed by atoms with Crippen molar-refractivity contribution in [3.05, 3.63) is 36.5 Å². The Morgan fingerprint density at radius 1 is 1.09 bits per heavy atom. The molecule has 1 aromatic heterocycles. The van der Waals surface area contributed by atoms with Crippen LogP contribution in [0.4, 0.5) is 0 Å². The molecule has 0 aliphatic rings. The number of rotatable bonds is 0. The minimum absolute atomic E-state index is 1.07. The number of fused-ring (bicyclic) bond motifs is 1. The van der Waals surface area contributed by atoms with E-state index in [9.17, 15) is 0 Å². The zero-order chi connectivity index (χ0) is 7.68. The van der Waals surface area contributed by atoms with Crippen LogP contribution >= 0.6 is 0 Å². The number of hydrogen-bond donors (Lipinski definition) is 0. The zero-order valence-corrected chi connectivity index (χ0v) is 8.41. The van der Waals surface area contributed by atoms with E-state index in [0.29, 0.717) is 0 Å². The molecular weight excluding hydrogens is 145 g/mol. The van der Waals surface area contributed by atoms with E-state index in [4.69, 9.17) is 0 Å². The van der Waals surface area contributed by atoms with E-state index in [1.54, 1.807) is 0 Å². The first-order valence-corrected chi connectivity index (χ1v) is 4.68. The Bertz CT molecular complexity index is 379. The van der Waals surface area contributed by atoms with Gasteiger partial charge in [-0.15, -0.1) is 0 Å². The molecule has 0 saturated heterocycles. The van der Waals surface area contributed by atoms with E-state index in [1.807, 2.05) is 12.3 Å². The van der Waals surface area contributed by atoms with E-state index in [2.05, 4.69) is 29.2 Å². The van der Waals surface area contributed by atoms with E-state index in [-0.39, 0.29) is 0 Å². The number of hydrogen-bond acceptors (Lipinski definition) is 1. The molecule has 2 rings (SSSR count). The monoisotopic (exact) mass is 151 g/mol. The molecule has 0 atom stereocenters. The van der Waals surface area contributed by atoms with Gasteiger partial charge in [0.1, 0.15) is 0 Å². The van der Waals surface area contributed by atoms with Gasteiger partial charge in [-0.25, -0.2) is 0 Å². The normalized spacial score (nSPS) is 10.4. The number of nitrogens with zero attached hydrogens (tertiary/aromatic N) is 1. The molecule has 0 radical (unpaired) electrons. The fourth-order valence-corrected chi connectivity index (χ4v) is 1.87. The number of aromatic nitrogens is 1. The molecule has 0 N–H and O–H groups in total. The van der Waals surface area contributed by atoms with Gasteiger partial charge in [-0.2, -0.15) is 0 Å². The number of para-hydroxylation sites is 1. The van der Waals surface area contributed by atoms with Crippen LogP contribution in [0.15, 0.2) is 36.5 Å². The third kappa shape index (κ3) is 1.32. The summed E-state index contributed by atoms with van der Waals surface area (Å²) in [5, 5.41) is 1.25. The van der Waals surface area contributed by atoms with E-state index in [1.165, 1.54) is 13.7 Å². The van der Waals surface area contributed by atoms with Crippen LogP contribution in [-0.2, 0) is 0 Å². The van der Waals surface area contributed by atoms with Gasteiger partial charge in [-0.3, -0.25) is 0 Å². The van der Waals surface area contributed by atoms with Crippen molar-refractivity contribution in [2.45, 2.75) is 0 Å². The molecule has 48 valence electrons. The second-order valence-electron chi connectivity index (χ2n) is 2.65. The Morgan fingerprint density at radius 3 is 2.73 bits per heavy atom. The summed E-state index contributed by atoms with van der Waals surface area (Å²) < 4.78 is 1.38. The van der Waals surface area contributed by atoms with Gasteiger partial charge in [0.05, 0.1) is 0 Å². The zero-order valence-electron chi connectivity index (χ0n) is 6.41. The van der Waals surface area contributed by atoms with Crippen molar-refractivity contribution >= 4 is 41.6 Å². The molecule has 1 nitrogen and oxygen atoms in total. The molecule has 0 spiro atoms. The third-order valence-corrected chi connectivity index (χ3v) is 2.64. The quantitative estimate of drug-likeness (QED) is 0.512. The predicted molar refractivity (Wildman–Crippen MR) is 47.1 cm³/mol. The molecule has 2 heteroatoms. The molecule has 0 amide bonds. The summed E-state index contributed by atoms with van der Waals surface area (Å²) in [5.41, 5.74) is 1.17. The van der Waals surface area contributed by atoms with Crippen LogP contribution in [0.1, 0.15) is 0 Å². The van der Waals surface area contributed by atoms with Gasteiger partial charge in [0.15, 0.2) is 0 Å². The molecule has 0 aliphatic carbocycles. The fraction of sp³-hybridized carbons (Fsp3) is 0. The van der Waals surface area contributed by atoms with Crippen LogP contribution in [0.2, 0.25) is 0 Å². The molecule has 0 aliphatic heterocycles. The molecule has 0 saturated carbocycles. The van der Waals surface area contributed by atoms with Gasteiger partial charge in [0.25, 0.3) is 0 Å². The maximum atomic E-state index is 4.32. The standard InChI is InChI=1S/C9H6N.Na/c1-2-6-9-8(4-1)5-3-7-10-9;/h1-5,7H;. The first-order valence-electron chi connectivity index (χ1n) is 3.68. The predicted octanol–water partition coefficient (Wildman–Crippen LogP) is 1.03. The average Bonchev–Trinajstić information content (AvgIpc) is 2.06. The van der Waals surface area contributed by atoms with Crippen LogP contribution in [0.3, 0.4) is 0 Å². The van der Waals surface area contributed by atoms with Crippen LogP contribution < -0.4 is 2.81 Å². The van der Waals surface area contributed by atoms with Crippen molar-refractivity contribution in [3.63, 3.8) is 0 Å². The first kappa shape index (κ1) is 7.29. The summed E-state index contributed by atoms with van der Waals surface area (Å²) in [6, 6.07) is 10.4. The molecule has 11 heavy (non-hydrogen) atoms. The van der Waals surface area contributed by atoms with Gasteiger partial charge in [-0.1, -0.05) is 0 Å². The van der Waals surface area contributed by atoms with Crippen molar-refractivity contribution in [3.8, 4) is 0 Å². The summed E-state index contributed by atoms with van der Waals surface area (Å²) >= 11 is 1.07. The Morgan fingerprint density at radius 2 is 1.91 bits per heavy atom. The van der Waals surface area contributed by atoms with Crippen molar-refractivity contribution in [2.75, 3.05) is 0 Å². The van der Waals surface area contributed by atoms with Gasteiger partial charge in [0, 0.05) is 0 Å². The second kappa shape index (κ2) is 2.94. The maximum absolute atomic E-state index is 4.32. The van der Waals surface area contributed by atoms with Crippen LogP contribution in [0.25, 0.3) is 10.9 Å². The van der Waals surface area contributed by atoms with Crippen LogP contribution in [-0.4, -0.2) is 32.9 Å². The SMILES string of the molecule is [Na][c]1cccc2cccnc12. The van der Waals surface area contributed by atoms with Crippen molar-refractivity contribution in [1.82, 2.24) is 4.98 Å². The molecule has 1 aromatic carbocycles. The minimum atomic E-state index is 1.07. The third-order valence-electron chi connectivity index (χ3n) is 1.83. The first-order chi connectivity index (χ1) is 5.38. The molecule has 0 bridgehead atoms. The summed E-state index contributed by atoms with van der Waals surface area (Å²) in [6.45, 7) is 0. The van der Waals surface area contributed by atoms with Crippen LogP contribution in [0, 0.1) is 0 Å². The van der Waals surface area contributed by atoms with Crippen molar-refractivity contribution in [2.24, 2.45) is 0 Å². The molecule has 1 heterocycles.